The molecule has 0 bridgehead atoms. The number of hydrogen-bond donors (Lipinski definition) is 18. The number of H-pyrrole nitrogens is 3. The maximum Gasteiger partial charge on any atom is 0.355 e. The van der Waals surface area contributed by atoms with E-state index < -0.39 is 95.1 Å². The Morgan fingerprint density at radius 3 is 1.69 bits per heavy atom. The Morgan fingerprint density at radius 1 is 0.518 bits per heavy atom. The minimum Gasteiger partial charge on any atom is -0.481 e. The van der Waals surface area contributed by atoms with Gasteiger partial charge < -0.3 is 88.4 Å². The van der Waals surface area contributed by atoms with Crippen LogP contribution >= 0.6 is 73.9 Å². The molecule has 0 saturated carbocycles. The summed E-state index contributed by atoms with van der Waals surface area (Å²) in [7, 11) is -8.38. The maximum atomic E-state index is 12.5. The zero-order valence-electron chi connectivity index (χ0n) is 73.9. The Kier molecular flexibility index (Phi) is 43.8. The topological polar surface area (TPSA) is 629 Å². The highest BCUT2D eigenvalue weighted by Crippen LogP contribution is 2.42. The van der Waals surface area contributed by atoms with Crippen LogP contribution in [0.5, 0.6) is 0 Å². The number of ether oxygens (including phenoxy) is 1. The number of nitrogens with two attached hydrogens (primary N) is 3. The van der Waals surface area contributed by atoms with Crippen LogP contribution in [0.2, 0.25) is 25.1 Å². The molecule has 0 atom stereocenters. The van der Waals surface area contributed by atoms with Gasteiger partial charge in [-0.15, -0.1) is 0 Å². The van der Waals surface area contributed by atoms with Gasteiger partial charge in [0.25, 0.3) is 47.7 Å². The van der Waals surface area contributed by atoms with Gasteiger partial charge in [-0.3, -0.25) is 42.4 Å². The predicted molar refractivity (Wildman–Crippen MR) is 539 cm³/mol. The SMILES string of the molecule is CCOC(=O)c1[nH]c2ccc(Br)cc2c1CCCC(=O)O.CN(C)c1cccc2c(S(=O)(=O)O)cccc12.Cc1ccc(NC(=O)c2c(Cl)c(Cl)c(Cl)c(Cl)c2C(=O)O)cc1Cl.Cc1cccc(C(=O)O)c1N.Nc1ccc(C(=O)NCC(=O)O)cc1.Nc1ccc2cc(S(=O)(=O)O)ccc2c1.O=C(O)Cc1c[nH]c2ccccc12.O=C(O)c1ccc[nH]c1=O.O=S(=O)(O)CCCNc1ccccc1. The number of aromatic amines is 3. The van der Waals surface area contributed by atoms with Crippen molar-refractivity contribution in [3.8, 4) is 0 Å². The van der Waals surface area contributed by atoms with Crippen LogP contribution in [0.25, 0.3) is 43.4 Å². The lowest BCUT2D eigenvalue weighted by molar-refractivity contribution is -0.137. The normalized spacial score (nSPS) is 10.6. The highest BCUT2D eigenvalue weighted by Gasteiger charge is 2.30. The molecule has 36 nitrogen and oxygen atoms in total. The van der Waals surface area contributed by atoms with Gasteiger partial charge in [0.2, 0.25) is 0 Å². The Balaban J connectivity index is 0.000000243. The smallest absolute Gasteiger partial charge is 0.355 e. The second kappa shape index (κ2) is 53.5. The van der Waals surface area contributed by atoms with Gasteiger partial charge in [0.15, 0.2) is 0 Å². The molecule has 0 fully saturated rings. The van der Waals surface area contributed by atoms with Gasteiger partial charge in [-0.2, -0.15) is 25.3 Å². The number of nitrogen functional groups attached to an aromatic ring is 3. The summed E-state index contributed by atoms with van der Waals surface area (Å²) in [6.07, 6.45) is 4.66. The molecule has 14 rings (SSSR count). The molecule has 734 valence electrons. The van der Waals surface area contributed by atoms with Gasteiger partial charge in [0, 0.05) is 121 Å². The molecule has 2 amide bonds. The van der Waals surface area contributed by atoms with Crippen molar-refractivity contribution in [2.24, 2.45) is 0 Å². The van der Waals surface area contributed by atoms with Crippen molar-refractivity contribution in [3.05, 3.63) is 326 Å². The van der Waals surface area contributed by atoms with Crippen LogP contribution in [0, 0.1) is 13.8 Å². The molecule has 0 aliphatic carbocycles. The van der Waals surface area contributed by atoms with E-state index in [-0.39, 0.29) is 71.7 Å². The van der Waals surface area contributed by atoms with E-state index in [0.717, 1.165) is 76.1 Å². The van der Waals surface area contributed by atoms with E-state index >= 15 is 0 Å². The van der Waals surface area contributed by atoms with Crippen LogP contribution < -0.4 is 43.6 Å². The third-order valence-electron chi connectivity index (χ3n) is 18.9. The first-order chi connectivity index (χ1) is 65.3. The predicted octanol–water partition coefficient (Wildman–Crippen LogP) is 18.2. The number of esters is 1. The summed E-state index contributed by atoms with van der Waals surface area (Å²) < 4.78 is 97.5. The number of amides is 2. The number of nitrogens with zero attached hydrogens (tertiary/aromatic N) is 1. The lowest BCUT2D eigenvalue weighted by Crippen LogP contribution is -2.29. The second-order valence-electron chi connectivity index (χ2n) is 29.2. The summed E-state index contributed by atoms with van der Waals surface area (Å²) in [5, 5.41) is 63.9. The molecular formula is C94H92BrCl5N10O26S3. The Labute approximate surface area is 828 Å². The summed E-state index contributed by atoms with van der Waals surface area (Å²) in [5.41, 5.74) is 24.6. The number of aliphatic carboxylic acids is 3. The number of carboxylic acids is 6. The number of aryl methyl sites for hydroxylation is 3. The van der Waals surface area contributed by atoms with Crippen LogP contribution in [-0.2, 0) is 62.3 Å². The van der Waals surface area contributed by atoms with Crippen LogP contribution in [0.3, 0.4) is 0 Å². The second-order valence-corrected chi connectivity index (χ2v) is 36.4. The molecule has 0 aliphatic rings. The summed E-state index contributed by atoms with van der Waals surface area (Å²) in [6.45, 7) is 5.77. The summed E-state index contributed by atoms with van der Waals surface area (Å²) >= 11 is 33.1. The number of carboxylic acid groups (broad SMARTS) is 6. The fourth-order valence-corrected chi connectivity index (χ4v) is 15.6. The average Bonchev–Trinajstić information content (AvgIpc) is 0.802. The van der Waals surface area contributed by atoms with E-state index in [1.54, 1.807) is 106 Å². The number of carbonyl (C=O) groups excluding carboxylic acids is 3. The van der Waals surface area contributed by atoms with E-state index in [1.807, 2.05) is 104 Å². The lowest BCUT2D eigenvalue weighted by atomic mass is 10.0. The quantitative estimate of drug-likeness (QED) is 0.00667. The number of benzene rings is 11. The molecule has 14 aromatic rings. The van der Waals surface area contributed by atoms with Crippen molar-refractivity contribution in [1.82, 2.24) is 20.3 Å². The Bertz CT molecular complexity index is 7240. The van der Waals surface area contributed by atoms with E-state index in [4.69, 9.17) is 115 Å². The molecule has 0 unspecified atom stereocenters. The molecule has 3 aromatic heterocycles. The first kappa shape index (κ1) is 114. The highest BCUT2D eigenvalue weighted by molar-refractivity contribution is 9.10. The lowest BCUT2D eigenvalue weighted by Gasteiger charge is -2.16. The fourth-order valence-electron chi connectivity index (χ4n) is 12.3. The van der Waals surface area contributed by atoms with E-state index in [0.29, 0.717) is 76.8 Å². The van der Waals surface area contributed by atoms with Crippen molar-refractivity contribution < 1.29 is 117 Å². The molecule has 3 heterocycles. The van der Waals surface area contributed by atoms with Gasteiger partial charge >= 0.3 is 41.8 Å². The van der Waals surface area contributed by atoms with Crippen molar-refractivity contribution in [2.45, 2.75) is 62.7 Å². The number of rotatable bonds is 24. The average molecular weight is 2130 g/mol. The van der Waals surface area contributed by atoms with Gasteiger partial charge in [-0.25, -0.2) is 19.2 Å². The van der Waals surface area contributed by atoms with Crippen molar-refractivity contribution >= 4 is 235 Å². The van der Waals surface area contributed by atoms with Crippen molar-refractivity contribution in [3.63, 3.8) is 0 Å². The molecule has 11 aromatic carbocycles. The maximum absolute atomic E-state index is 12.5. The Hall–Kier alpha value is -14.1. The van der Waals surface area contributed by atoms with Gasteiger partial charge in [-0.05, 0) is 200 Å². The number of carbonyl (C=O) groups is 9. The molecule has 139 heavy (non-hydrogen) atoms. The number of para-hydroxylation sites is 3. The first-order valence-electron chi connectivity index (χ1n) is 40.5. The molecule has 0 saturated heterocycles. The summed E-state index contributed by atoms with van der Waals surface area (Å²) in [5.74, 6) is -8.21. The third-order valence-corrected chi connectivity index (χ3v) is 24.2. The Morgan fingerprint density at radius 2 is 1.12 bits per heavy atom. The molecule has 21 N–H and O–H groups in total. The van der Waals surface area contributed by atoms with Crippen molar-refractivity contribution in [2.75, 3.05) is 72.3 Å². The molecule has 45 heteroatoms. The zero-order chi connectivity index (χ0) is 104. The van der Waals surface area contributed by atoms with Crippen molar-refractivity contribution in [1.29, 1.82) is 0 Å². The molecule has 0 aliphatic heterocycles. The van der Waals surface area contributed by atoms with Gasteiger partial charge in [0.1, 0.15) is 22.7 Å². The van der Waals surface area contributed by atoms with Crippen LogP contribution in [0.4, 0.5) is 34.1 Å². The number of hydrogen-bond acceptors (Lipinski definition) is 22. The first-order valence-corrected chi connectivity index (χ1v) is 47.7. The molecule has 0 radical (unpaired) electrons. The zero-order valence-corrected chi connectivity index (χ0v) is 81.8. The molecule has 0 spiro atoms. The number of nitrogens with one attached hydrogen (secondary N) is 6. The van der Waals surface area contributed by atoms with Crippen LogP contribution in [-0.4, -0.2) is 178 Å². The summed E-state index contributed by atoms with van der Waals surface area (Å²) in [6, 6.07) is 61.2. The largest absolute Gasteiger partial charge is 0.481 e. The molecular weight excluding hydrogens is 2040 g/mol. The number of aromatic nitrogens is 3. The number of aromatic carboxylic acids is 3. The number of fused-ring (bicyclic) bond motifs is 4. The minimum absolute atomic E-state index is 0.0568. The minimum atomic E-state index is -4.19. The van der Waals surface area contributed by atoms with Gasteiger partial charge in [-0.1, -0.05) is 165 Å². The van der Waals surface area contributed by atoms with Gasteiger partial charge in [0.05, 0.1) is 60.5 Å². The highest BCUT2D eigenvalue weighted by atomic mass is 79.9. The number of halogens is 6. The van der Waals surface area contributed by atoms with E-state index in [9.17, 15) is 82.9 Å². The fraction of sp³-hybridized carbons (Fsp3) is 0.149. The summed E-state index contributed by atoms with van der Waals surface area (Å²) in [4.78, 5) is 120. The van der Waals surface area contributed by atoms with Crippen LogP contribution in [0.1, 0.15) is 111 Å². The van der Waals surface area contributed by atoms with E-state index in [1.165, 1.54) is 60.8 Å². The van der Waals surface area contributed by atoms with E-state index in [2.05, 4.69) is 46.8 Å². The monoisotopic (exact) mass is 2130 g/mol. The number of anilines is 6. The van der Waals surface area contributed by atoms with Crippen LogP contribution in [0.15, 0.2) is 250 Å². The third kappa shape index (κ3) is 35.7. The number of pyridine rings is 1. The standard InChI is InChI=1S/C15H16BrNO4.C15H8Cl5NO3.C12H13NO3S.C10H9NO3S.C10H9NO2.C9H10N2O3.C9H13NO3S.C8H9NO2.C6H5NO3/c1-2-21-15(20)14-10(4-3-5-13(18)19)11-8-9(16)6-7-12(11)17-14;1-5-2-3-6(4-7(5)16)21-14(22)8-9(15(23)24)11(18)13(20)12(19)10(8)17;1-13(2)11-7-3-6-10-9(11)5-4-8-12(10)17(14,15)16;11-9-3-1-8-6-10(15(12,13)14)4-2-7(8)5-9;12-10(13)5-7-6-11-9-4-2-1-3-8(7)9;10-7-3-1-6(2-4-7)9(14)11-5-8(12)13;11-14(12,13)8-4-7-10-9-5-2-1-3-6-9;1-5-3-2-4-6(7(5)9)8(10)11;8-5-4(6(9)10)2-1-3-7-5/h6-8,17H,2-5H2,1H3,(H,18,19);2-4H,1H3,(H,21,22)(H,23,24);3-8H,1-2H3,(H,14,15,16);1-6H,11H2,(H,12,13,14);1-4,6,11H,5H2,(H,12,13);1-4H,5,10H2,(H,11,14)(H,12,13);1-3,5-6,10H,4,7-8H2,(H,11,12,13);2-4H,9H2,1H3,(H,10,11);1-3H,(H,7,8)(H,9,10).